The summed E-state index contributed by atoms with van der Waals surface area (Å²) in [5.41, 5.74) is 0.0967. The lowest BCUT2D eigenvalue weighted by Crippen LogP contribution is -2.17. The first-order valence-corrected chi connectivity index (χ1v) is 4.62. The zero-order chi connectivity index (χ0) is 10.6. The molecule has 1 rings (SSSR count). The van der Waals surface area contributed by atoms with Crippen molar-refractivity contribution >= 4 is 28.2 Å². The van der Waals surface area contributed by atoms with Gasteiger partial charge in [0, 0.05) is 7.11 Å². The van der Waals surface area contributed by atoms with Gasteiger partial charge in [-0.3, -0.25) is 4.79 Å². The van der Waals surface area contributed by atoms with E-state index in [4.69, 9.17) is 5.11 Å². The Kier molecular flexibility index (Phi) is 3.61. The predicted octanol–water partition coefficient (Wildman–Crippen LogP) is 1.03. The van der Waals surface area contributed by atoms with Crippen molar-refractivity contribution in [1.29, 1.82) is 0 Å². The summed E-state index contributed by atoms with van der Waals surface area (Å²) in [6, 6.07) is 1.44. The van der Waals surface area contributed by atoms with Gasteiger partial charge in [-0.1, -0.05) is 0 Å². The summed E-state index contributed by atoms with van der Waals surface area (Å²) in [7, 11) is 1.39. The summed E-state index contributed by atoms with van der Waals surface area (Å²) in [6.07, 6.45) is 0. The molecule has 6 heteroatoms. The highest BCUT2D eigenvalue weighted by Gasteiger charge is 2.13. The lowest BCUT2D eigenvalue weighted by molar-refractivity contribution is -0.119. The van der Waals surface area contributed by atoms with E-state index in [-0.39, 0.29) is 18.1 Å². The van der Waals surface area contributed by atoms with Gasteiger partial charge in [0.1, 0.15) is 11.6 Å². The zero-order valence-corrected chi connectivity index (χ0v) is 8.26. The molecule has 0 aromatic carbocycles. The largest absolute Gasteiger partial charge is 0.478 e. The van der Waals surface area contributed by atoms with Gasteiger partial charge in [-0.15, -0.1) is 11.3 Å². The van der Waals surface area contributed by atoms with E-state index in [1.54, 1.807) is 5.38 Å². The minimum Gasteiger partial charge on any atom is -0.478 e. The van der Waals surface area contributed by atoms with Crippen LogP contribution < -0.4 is 5.32 Å². The molecule has 0 bridgehead atoms. The van der Waals surface area contributed by atoms with E-state index in [1.165, 1.54) is 13.2 Å². The maximum absolute atomic E-state index is 11.1. The molecule has 0 aliphatic rings. The monoisotopic (exact) mass is 215 g/mol. The van der Waals surface area contributed by atoms with Crippen LogP contribution in [0.5, 0.6) is 0 Å². The molecule has 0 spiro atoms. The van der Waals surface area contributed by atoms with Crippen LogP contribution in [0.25, 0.3) is 0 Å². The molecule has 0 aliphatic carbocycles. The standard InChI is InChI=1S/C8H9NO4S/c1-13-4-6(10)9-7-5(8(11)12)2-3-14-7/h2-3H,4H2,1H3,(H,9,10)(H,11,12). The third-order valence-corrected chi connectivity index (χ3v) is 2.25. The molecule has 14 heavy (non-hydrogen) atoms. The van der Waals surface area contributed by atoms with Crippen LogP contribution in [0.4, 0.5) is 5.00 Å². The van der Waals surface area contributed by atoms with E-state index in [9.17, 15) is 9.59 Å². The molecular formula is C8H9NO4S. The van der Waals surface area contributed by atoms with Crippen LogP contribution in [0.15, 0.2) is 11.4 Å². The summed E-state index contributed by atoms with van der Waals surface area (Å²) < 4.78 is 4.60. The molecule has 0 fully saturated rings. The number of thiophene rings is 1. The van der Waals surface area contributed by atoms with Gasteiger partial charge in [0.2, 0.25) is 0 Å². The fourth-order valence-corrected chi connectivity index (χ4v) is 1.66. The SMILES string of the molecule is COCC(=O)Nc1sccc1C(=O)O. The Morgan fingerprint density at radius 3 is 2.93 bits per heavy atom. The van der Waals surface area contributed by atoms with E-state index < -0.39 is 5.97 Å². The maximum atomic E-state index is 11.1. The molecule has 0 saturated heterocycles. The molecule has 2 N–H and O–H groups in total. The van der Waals surface area contributed by atoms with E-state index in [1.807, 2.05) is 0 Å². The summed E-state index contributed by atoms with van der Waals surface area (Å²) in [4.78, 5) is 21.7. The molecule has 0 radical (unpaired) electrons. The molecule has 1 aromatic rings. The number of hydrogen-bond acceptors (Lipinski definition) is 4. The highest BCUT2D eigenvalue weighted by Crippen LogP contribution is 2.22. The van der Waals surface area contributed by atoms with Crippen molar-refractivity contribution < 1.29 is 19.4 Å². The van der Waals surface area contributed by atoms with Crippen molar-refractivity contribution in [3.8, 4) is 0 Å². The van der Waals surface area contributed by atoms with Gasteiger partial charge in [0.05, 0.1) is 5.56 Å². The molecule has 0 atom stereocenters. The third-order valence-electron chi connectivity index (χ3n) is 1.42. The van der Waals surface area contributed by atoms with Crippen LogP contribution in [-0.2, 0) is 9.53 Å². The quantitative estimate of drug-likeness (QED) is 0.786. The van der Waals surface area contributed by atoms with Crippen molar-refractivity contribution in [3.05, 3.63) is 17.0 Å². The number of carbonyl (C=O) groups is 2. The van der Waals surface area contributed by atoms with E-state index in [0.717, 1.165) is 11.3 Å². The van der Waals surface area contributed by atoms with Gasteiger partial charge < -0.3 is 15.2 Å². The van der Waals surface area contributed by atoms with Gasteiger partial charge in [-0.25, -0.2) is 4.79 Å². The van der Waals surface area contributed by atoms with Gasteiger partial charge in [0.25, 0.3) is 5.91 Å². The average Bonchev–Trinajstić information content (AvgIpc) is 2.52. The molecule has 76 valence electrons. The minimum atomic E-state index is -1.06. The smallest absolute Gasteiger partial charge is 0.338 e. The Hall–Kier alpha value is -1.40. The zero-order valence-electron chi connectivity index (χ0n) is 7.44. The summed E-state index contributed by atoms with van der Waals surface area (Å²) in [6.45, 7) is -0.0864. The number of ether oxygens (including phenoxy) is 1. The molecule has 1 heterocycles. The Morgan fingerprint density at radius 2 is 2.36 bits per heavy atom. The van der Waals surface area contributed by atoms with Crippen LogP contribution >= 0.6 is 11.3 Å². The number of aromatic carboxylic acids is 1. The normalized spacial score (nSPS) is 9.79. The number of carbonyl (C=O) groups excluding carboxylic acids is 1. The Balaban J connectivity index is 2.71. The van der Waals surface area contributed by atoms with Crippen molar-refractivity contribution in [2.24, 2.45) is 0 Å². The lowest BCUT2D eigenvalue weighted by Gasteiger charge is -2.02. The summed E-state index contributed by atoms with van der Waals surface area (Å²) in [5, 5.41) is 13.1. The van der Waals surface area contributed by atoms with Crippen molar-refractivity contribution in [2.75, 3.05) is 19.0 Å². The molecule has 1 aromatic heterocycles. The minimum absolute atomic E-state index is 0.0864. The van der Waals surface area contributed by atoms with Crippen LogP contribution in [0, 0.1) is 0 Å². The second-order valence-corrected chi connectivity index (χ2v) is 3.37. The second-order valence-electron chi connectivity index (χ2n) is 2.45. The number of methoxy groups -OCH3 is 1. The van der Waals surface area contributed by atoms with Gasteiger partial charge in [-0.05, 0) is 11.4 Å². The van der Waals surface area contributed by atoms with E-state index >= 15 is 0 Å². The molecule has 0 saturated carbocycles. The molecule has 1 amide bonds. The fraction of sp³-hybridized carbons (Fsp3) is 0.250. The molecule has 5 nitrogen and oxygen atoms in total. The Labute approximate surface area is 84.3 Å². The van der Waals surface area contributed by atoms with Crippen LogP contribution in [-0.4, -0.2) is 30.7 Å². The number of hydrogen-bond donors (Lipinski definition) is 2. The van der Waals surface area contributed by atoms with Crippen molar-refractivity contribution in [1.82, 2.24) is 0 Å². The first-order chi connectivity index (χ1) is 6.65. The maximum Gasteiger partial charge on any atom is 0.338 e. The van der Waals surface area contributed by atoms with E-state index in [2.05, 4.69) is 10.1 Å². The van der Waals surface area contributed by atoms with Crippen LogP contribution in [0.2, 0.25) is 0 Å². The number of anilines is 1. The summed E-state index contributed by atoms with van der Waals surface area (Å²) in [5.74, 6) is -1.42. The molecule has 0 unspecified atom stereocenters. The molecular weight excluding hydrogens is 206 g/mol. The predicted molar refractivity (Wildman–Crippen MR) is 51.8 cm³/mol. The highest BCUT2D eigenvalue weighted by atomic mass is 32.1. The first kappa shape index (κ1) is 10.7. The van der Waals surface area contributed by atoms with E-state index in [0.29, 0.717) is 5.00 Å². The number of rotatable bonds is 4. The van der Waals surface area contributed by atoms with Gasteiger partial charge in [0.15, 0.2) is 0 Å². The van der Waals surface area contributed by atoms with Crippen molar-refractivity contribution in [2.45, 2.75) is 0 Å². The Morgan fingerprint density at radius 1 is 1.64 bits per heavy atom. The fourth-order valence-electron chi connectivity index (χ4n) is 0.868. The van der Waals surface area contributed by atoms with Crippen LogP contribution in [0.3, 0.4) is 0 Å². The first-order valence-electron chi connectivity index (χ1n) is 3.74. The Bertz CT molecular complexity index is 347. The second kappa shape index (κ2) is 4.73. The highest BCUT2D eigenvalue weighted by molar-refractivity contribution is 7.14. The molecule has 0 aliphatic heterocycles. The van der Waals surface area contributed by atoms with Gasteiger partial charge >= 0.3 is 5.97 Å². The average molecular weight is 215 g/mol. The number of nitrogens with one attached hydrogen (secondary N) is 1. The third kappa shape index (κ3) is 2.54. The number of amides is 1. The topological polar surface area (TPSA) is 75.6 Å². The van der Waals surface area contributed by atoms with Gasteiger partial charge in [-0.2, -0.15) is 0 Å². The lowest BCUT2D eigenvalue weighted by atomic mass is 10.3. The van der Waals surface area contributed by atoms with Crippen LogP contribution in [0.1, 0.15) is 10.4 Å². The van der Waals surface area contributed by atoms with Crippen molar-refractivity contribution in [3.63, 3.8) is 0 Å². The number of carboxylic acid groups (broad SMARTS) is 1. The number of carboxylic acids is 1. The summed E-state index contributed by atoms with van der Waals surface area (Å²) >= 11 is 1.16.